The second-order valence-electron chi connectivity index (χ2n) is 9.50. The Morgan fingerprint density at radius 3 is 1.78 bits per heavy atom. The number of carbonyl (C=O) groups is 1. The molecule has 0 saturated heterocycles. The summed E-state index contributed by atoms with van der Waals surface area (Å²) in [6.07, 6.45) is 12.5. The van der Waals surface area contributed by atoms with E-state index in [9.17, 15) is 4.79 Å². The summed E-state index contributed by atoms with van der Waals surface area (Å²) in [6.45, 7) is 4.83. The molecule has 0 amide bonds. The molecule has 1 aromatic carbocycles. The standard InChI is InChI=1S/C31H42O4S2/c1-5-7-9-11-13-25-15-17-29(36-25)27-20-24(22-35-34-4)28(19-23(27)21-31(32)33-3)30-18-16-26(37-30)14-12-10-8-6-2/h15-20H,5-14,21-22H2,1-4H3. The van der Waals surface area contributed by atoms with Crippen molar-refractivity contribution in [1.29, 1.82) is 0 Å². The molecule has 4 nitrogen and oxygen atoms in total. The SMILES string of the molecule is CCCCCCc1ccc(-c2cc(CC(=O)OC)c(-c3ccc(CCCCCC)s3)cc2COOC)s1. The van der Waals surface area contributed by atoms with Gasteiger partial charge in [-0.2, -0.15) is 0 Å². The fraction of sp³-hybridized carbons (Fsp3) is 0.516. The van der Waals surface area contributed by atoms with Crippen molar-refractivity contribution in [2.24, 2.45) is 0 Å². The largest absolute Gasteiger partial charge is 0.469 e. The van der Waals surface area contributed by atoms with Gasteiger partial charge in [0.25, 0.3) is 0 Å². The minimum Gasteiger partial charge on any atom is -0.469 e. The summed E-state index contributed by atoms with van der Waals surface area (Å²) in [5, 5.41) is 0. The van der Waals surface area contributed by atoms with Crippen molar-refractivity contribution in [2.75, 3.05) is 14.2 Å². The highest BCUT2D eigenvalue weighted by Crippen LogP contribution is 2.39. The van der Waals surface area contributed by atoms with Crippen LogP contribution in [0.4, 0.5) is 0 Å². The molecule has 2 aromatic heterocycles. The highest BCUT2D eigenvalue weighted by atomic mass is 32.1. The second kappa shape index (κ2) is 16.1. The first-order valence-electron chi connectivity index (χ1n) is 13.7. The van der Waals surface area contributed by atoms with Crippen LogP contribution in [0.1, 0.15) is 86.1 Å². The number of hydrogen-bond donors (Lipinski definition) is 0. The normalized spacial score (nSPS) is 11.2. The van der Waals surface area contributed by atoms with Crippen LogP contribution in [0.3, 0.4) is 0 Å². The number of rotatable bonds is 17. The molecule has 0 fully saturated rings. The Labute approximate surface area is 230 Å². The molecule has 3 rings (SSSR count). The molecule has 0 atom stereocenters. The zero-order valence-electron chi connectivity index (χ0n) is 22.9. The molecule has 0 N–H and O–H groups in total. The molecule has 37 heavy (non-hydrogen) atoms. The lowest BCUT2D eigenvalue weighted by molar-refractivity contribution is -0.282. The zero-order chi connectivity index (χ0) is 26.5. The summed E-state index contributed by atoms with van der Waals surface area (Å²) in [7, 11) is 2.99. The van der Waals surface area contributed by atoms with E-state index in [1.165, 1.54) is 85.1 Å². The molecular formula is C31H42O4S2. The van der Waals surface area contributed by atoms with Crippen LogP contribution in [0.5, 0.6) is 0 Å². The predicted molar refractivity (Wildman–Crippen MR) is 156 cm³/mol. The van der Waals surface area contributed by atoms with Crippen LogP contribution in [-0.2, 0) is 45.2 Å². The average molecular weight is 543 g/mol. The monoisotopic (exact) mass is 542 g/mol. The van der Waals surface area contributed by atoms with E-state index in [1.54, 1.807) is 0 Å². The first-order chi connectivity index (χ1) is 18.1. The maximum Gasteiger partial charge on any atom is 0.310 e. The summed E-state index contributed by atoms with van der Waals surface area (Å²) in [5.41, 5.74) is 4.22. The van der Waals surface area contributed by atoms with Gasteiger partial charge in [0.2, 0.25) is 0 Å². The predicted octanol–water partition coefficient (Wildman–Crippen LogP) is 9.18. The summed E-state index contributed by atoms with van der Waals surface area (Å²) in [6, 6.07) is 13.2. The van der Waals surface area contributed by atoms with Crippen molar-refractivity contribution < 1.29 is 19.3 Å². The van der Waals surface area contributed by atoms with E-state index in [0.29, 0.717) is 6.61 Å². The van der Waals surface area contributed by atoms with Gasteiger partial charge in [0, 0.05) is 19.5 Å². The number of benzene rings is 1. The lowest BCUT2D eigenvalue weighted by atomic mass is 9.95. The zero-order valence-corrected chi connectivity index (χ0v) is 24.5. The topological polar surface area (TPSA) is 44.8 Å². The lowest BCUT2D eigenvalue weighted by Gasteiger charge is -2.15. The quantitative estimate of drug-likeness (QED) is 0.0738. The van der Waals surface area contributed by atoms with Gasteiger partial charge in [0.05, 0.1) is 20.6 Å². The molecule has 0 radical (unpaired) electrons. The number of carbonyl (C=O) groups excluding carboxylic acids is 1. The van der Waals surface area contributed by atoms with Gasteiger partial charge in [-0.05, 0) is 84.3 Å². The van der Waals surface area contributed by atoms with Crippen molar-refractivity contribution in [2.45, 2.75) is 91.1 Å². The van der Waals surface area contributed by atoms with Crippen LogP contribution < -0.4 is 0 Å². The molecule has 3 aromatic rings. The highest BCUT2D eigenvalue weighted by Gasteiger charge is 2.18. The van der Waals surface area contributed by atoms with Crippen LogP contribution in [0.25, 0.3) is 20.9 Å². The van der Waals surface area contributed by atoms with Gasteiger partial charge >= 0.3 is 5.97 Å². The molecule has 0 aliphatic heterocycles. The maximum absolute atomic E-state index is 12.4. The van der Waals surface area contributed by atoms with E-state index in [1.807, 2.05) is 22.7 Å². The second-order valence-corrected chi connectivity index (χ2v) is 11.8. The van der Waals surface area contributed by atoms with E-state index in [-0.39, 0.29) is 12.4 Å². The van der Waals surface area contributed by atoms with E-state index in [2.05, 4.69) is 50.2 Å². The molecule has 202 valence electrons. The van der Waals surface area contributed by atoms with Crippen molar-refractivity contribution in [1.82, 2.24) is 0 Å². The third kappa shape index (κ3) is 9.06. The lowest BCUT2D eigenvalue weighted by Crippen LogP contribution is -2.07. The van der Waals surface area contributed by atoms with Crippen molar-refractivity contribution >= 4 is 28.6 Å². The van der Waals surface area contributed by atoms with Crippen LogP contribution in [-0.4, -0.2) is 20.2 Å². The Hall–Kier alpha value is -1.99. The molecule has 0 aliphatic carbocycles. The van der Waals surface area contributed by atoms with E-state index in [0.717, 1.165) is 35.1 Å². The Balaban J connectivity index is 1.94. The van der Waals surface area contributed by atoms with Crippen LogP contribution >= 0.6 is 22.7 Å². The minimum atomic E-state index is -0.229. The van der Waals surface area contributed by atoms with Gasteiger partial charge in [-0.15, -0.1) is 22.7 Å². The Bertz CT molecular complexity index is 1100. The molecule has 0 bridgehead atoms. The average Bonchev–Trinajstić information content (AvgIpc) is 3.58. The third-order valence-electron chi connectivity index (χ3n) is 6.63. The highest BCUT2D eigenvalue weighted by molar-refractivity contribution is 7.15. The number of ether oxygens (including phenoxy) is 1. The molecule has 0 saturated carbocycles. The number of hydrogen-bond acceptors (Lipinski definition) is 6. The molecule has 0 unspecified atom stereocenters. The Kier molecular flexibility index (Phi) is 12.8. The van der Waals surface area contributed by atoms with Gasteiger partial charge in [-0.1, -0.05) is 52.4 Å². The summed E-state index contributed by atoms with van der Waals surface area (Å²) in [4.78, 5) is 27.9. The number of unbranched alkanes of at least 4 members (excludes halogenated alkanes) is 6. The Morgan fingerprint density at radius 1 is 0.730 bits per heavy atom. The maximum atomic E-state index is 12.4. The third-order valence-corrected chi connectivity index (χ3v) is 8.99. The van der Waals surface area contributed by atoms with Crippen LogP contribution in [0.2, 0.25) is 0 Å². The number of esters is 1. The summed E-state index contributed by atoms with van der Waals surface area (Å²) in [5.74, 6) is -0.229. The molecule has 0 spiro atoms. The first-order valence-corrected chi connectivity index (χ1v) is 15.3. The van der Waals surface area contributed by atoms with Gasteiger partial charge in [-0.25, -0.2) is 9.78 Å². The van der Waals surface area contributed by atoms with E-state index in [4.69, 9.17) is 14.5 Å². The van der Waals surface area contributed by atoms with Gasteiger partial charge < -0.3 is 4.74 Å². The fourth-order valence-electron chi connectivity index (χ4n) is 4.53. The van der Waals surface area contributed by atoms with Crippen molar-refractivity contribution in [3.63, 3.8) is 0 Å². The molecule has 6 heteroatoms. The van der Waals surface area contributed by atoms with Gasteiger partial charge in [-0.3, -0.25) is 4.79 Å². The smallest absolute Gasteiger partial charge is 0.310 e. The van der Waals surface area contributed by atoms with Gasteiger partial charge in [0.1, 0.15) is 6.61 Å². The van der Waals surface area contributed by atoms with Crippen LogP contribution in [0.15, 0.2) is 36.4 Å². The Morgan fingerprint density at radius 2 is 1.27 bits per heavy atom. The number of methoxy groups -OCH3 is 1. The van der Waals surface area contributed by atoms with Gasteiger partial charge in [0.15, 0.2) is 0 Å². The van der Waals surface area contributed by atoms with Crippen molar-refractivity contribution in [3.05, 3.63) is 57.3 Å². The van der Waals surface area contributed by atoms with Crippen LogP contribution in [0, 0.1) is 0 Å². The first kappa shape index (κ1) is 29.6. The fourth-order valence-corrected chi connectivity index (χ4v) is 6.73. The summed E-state index contributed by atoms with van der Waals surface area (Å²) >= 11 is 3.66. The molecule has 2 heterocycles. The summed E-state index contributed by atoms with van der Waals surface area (Å²) < 4.78 is 5.06. The van der Waals surface area contributed by atoms with Crippen molar-refractivity contribution in [3.8, 4) is 20.9 Å². The molecule has 0 aliphatic rings. The minimum absolute atomic E-state index is 0.229. The number of aryl methyl sites for hydroxylation is 2. The number of thiophene rings is 2. The van der Waals surface area contributed by atoms with E-state index < -0.39 is 0 Å². The molecular weight excluding hydrogens is 500 g/mol. The van der Waals surface area contributed by atoms with E-state index >= 15 is 0 Å².